The number of fused-ring (bicyclic) bond motifs is 3. The Morgan fingerprint density at radius 3 is 2.88 bits per heavy atom. The summed E-state index contributed by atoms with van der Waals surface area (Å²) in [5.41, 5.74) is 4.24. The number of carboxylic acid groups (broad SMARTS) is 1. The fourth-order valence-electron chi connectivity index (χ4n) is 4.01. The van der Waals surface area contributed by atoms with Crippen LogP contribution < -0.4 is 4.90 Å². The van der Waals surface area contributed by atoms with E-state index in [1.165, 1.54) is 0 Å². The minimum Gasteiger partial charge on any atom is -0.508 e. The highest BCUT2D eigenvalue weighted by molar-refractivity contribution is 7.08. The van der Waals surface area contributed by atoms with Crippen LogP contribution >= 0.6 is 11.3 Å². The average molecular weight is 370 g/mol. The predicted octanol–water partition coefficient (Wildman–Crippen LogP) is 4.01. The van der Waals surface area contributed by atoms with Gasteiger partial charge in [-0.05, 0) is 65.3 Å². The van der Waals surface area contributed by atoms with Gasteiger partial charge >= 0.3 is 5.97 Å². The van der Waals surface area contributed by atoms with Crippen molar-refractivity contribution in [1.82, 2.24) is 0 Å². The molecular weight excluding hydrogens is 348 g/mol. The Bertz CT molecular complexity index is 873. The van der Waals surface area contributed by atoms with Crippen molar-refractivity contribution in [3.8, 4) is 5.75 Å². The number of aromatic hydroxyl groups is 1. The zero-order chi connectivity index (χ0) is 18.4. The summed E-state index contributed by atoms with van der Waals surface area (Å²) in [5, 5.41) is 24.1. The van der Waals surface area contributed by atoms with Crippen LogP contribution in [0.2, 0.25) is 0 Å². The van der Waals surface area contributed by atoms with Gasteiger partial charge in [-0.15, -0.1) is 0 Å². The van der Waals surface area contributed by atoms with Crippen molar-refractivity contribution in [2.75, 3.05) is 4.90 Å². The van der Waals surface area contributed by atoms with Crippen molar-refractivity contribution in [1.29, 1.82) is 0 Å². The van der Waals surface area contributed by atoms with E-state index in [0.29, 0.717) is 18.1 Å². The van der Waals surface area contributed by atoms with E-state index in [1.807, 2.05) is 29.0 Å². The number of rotatable bonds is 4. The van der Waals surface area contributed by atoms with Crippen LogP contribution in [0.3, 0.4) is 0 Å². The normalized spacial score (nSPS) is 21.5. The van der Waals surface area contributed by atoms with Crippen LogP contribution in [-0.2, 0) is 17.6 Å². The van der Waals surface area contributed by atoms with Gasteiger partial charge in [0.2, 0.25) is 0 Å². The first-order chi connectivity index (χ1) is 12.5. The molecule has 5 nitrogen and oxygen atoms in total. The number of phenolic OH excluding ortho intramolecular Hbond substituents is 1. The van der Waals surface area contributed by atoms with Crippen LogP contribution in [0.25, 0.3) is 0 Å². The van der Waals surface area contributed by atoms with E-state index >= 15 is 0 Å². The van der Waals surface area contributed by atoms with Crippen LogP contribution in [0.15, 0.2) is 34.0 Å². The van der Waals surface area contributed by atoms with E-state index in [2.05, 4.69) is 23.7 Å². The van der Waals surface area contributed by atoms with E-state index in [1.54, 1.807) is 11.3 Å². The Labute approximate surface area is 156 Å². The highest BCUT2D eigenvalue weighted by atomic mass is 32.1. The maximum absolute atomic E-state index is 11.8. The molecule has 4 rings (SSSR count). The molecule has 0 amide bonds. The lowest BCUT2D eigenvalue weighted by Gasteiger charge is -2.37. The number of carboxylic acids is 1. The number of hydrogen-bond donors (Lipinski definition) is 2. The molecule has 0 spiro atoms. The van der Waals surface area contributed by atoms with E-state index in [0.717, 1.165) is 35.2 Å². The van der Waals surface area contributed by atoms with Gasteiger partial charge in [0.05, 0.1) is 6.04 Å². The molecule has 3 heterocycles. The number of phenols is 1. The molecular formula is C20H22N2O3S. The molecule has 2 atom stereocenters. The summed E-state index contributed by atoms with van der Waals surface area (Å²) in [6, 6.07) is 5.68. The Morgan fingerprint density at radius 1 is 1.42 bits per heavy atom. The van der Waals surface area contributed by atoms with Gasteiger partial charge in [-0.25, -0.2) is 4.79 Å². The predicted molar refractivity (Wildman–Crippen MR) is 103 cm³/mol. The largest absolute Gasteiger partial charge is 0.508 e. The second kappa shape index (κ2) is 6.43. The second-order valence-corrected chi connectivity index (χ2v) is 8.20. The fourth-order valence-corrected chi connectivity index (χ4v) is 4.68. The Balaban J connectivity index is 1.82. The first kappa shape index (κ1) is 17.1. The summed E-state index contributed by atoms with van der Waals surface area (Å²) in [7, 11) is 0. The number of carbonyl (C=O) groups is 1. The topological polar surface area (TPSA) is 73.1 Å². The summed E-state index contributed by atoms with van der Waals surface area (Å²) in [6.45, 7) is 4.24. The van der Waals surface area contributed by atoms with Gasteiger partial charge < -0.3 is 15.1 Å². The standard InChI is InChI=1S/C20H22N2O3S/c1-11(2)7-14-8-16-12(9-17(14)23)3-4-15-18(20(24)25)21-19(22(15)16)13-5-6-26-10-13/h5-6,8-11,15,19,23H,3-4,7H2,1-2H3,(H,24,25). The molecule has 2 unspecified atom stereocenters. The van der Waals surface area contributed by atoms with Crippen LogP contribution in [0.5, 0.6) is 5.75 Å². The monoisotopic (exact) mass is 370 g/mol. The van der Waals surface area contributed by atoms with Gasteiger partial charge in [0.25, 0.3) is 0 Å². The molecule has 0 bridgehead atoms. The molecule has 2 aliphatic rings. The van der Waals surface area contributed by atoms with E-state index in [9.17, 15) is 15.0 Å². The highest BCUT2D eigenvalue weighted by Crippen LogP contribution is 2.45. The number of hydrogen-bond acceptors (Lipinski definition) is 5. The van der Waals surface area contributed by atoms with E-state index in [-0.39, 0.29) is 17.9 Å². The van der Waals surface area contributed by atoms with Gasteiger partial charge in [0.15, 0.2) is 0 Å². The van der Waals surface area contributed by atoms with Crippen LogP contribution in [0.1, 0.15) is 43.1 Å². The van der Waals surface area contributed by atoms with Crippen LogP contribution in [0.4, 0.5) is 5.69 Å². The summed E-state index contributed by atoms with van der Waals surface area (Å²) in [5.74, 6) is -0.181. The van der Waals surface area contributed by atoms with Gasteiger partial charge in [-0.3, -0.25) is 4.99 Å². The highest BCUT2D eigenvalue weighted by Gasteiger charge is 2.43. The summed E-state index contributed by atoms with van der Waals surface area (Å²) < 4.78 is 0. The number of aliphatic imine (C=N–C) groups is 1. The second-order valence-electron chi connectivity index (χ2n) is 7.42. The van der Waals surface area contributed by atoms with Crippen LogP contribution in [-0.4, -0.2) is 27.9 Å². The fraction of sp³-hybridized carbons (Fsp3) is 0.400. The molecule has 0 saturated carbocycles. The summed E-state index contributed by atoms with van der Waals surface area (Å²) in [4.78, 5) is 18.5. The molecule has 1 aromatic heterocycles. The Morgan fingerprint density at radius 2 is 2.23 bits per heavy atom. The maximum atomic E-state index is 11.8. The summed E-state index contributed by atoms with van der Waals surface area (Å²) >= 11 is 1.59. The molecule has 2 N–H and O–H groups in total. The summed E-state index contributed by atoms with van der Waals surface area (Å²) in [6.07, 6.45) is 1.91. The van der Waals surface area contributed by atoms with Crippen molar-refractivity contribution in [2.24, 2.45) is 10.9 Å². The number of benzene rings is 1. The molecule has 0 aliphatic carbocycles. The van der Waals surface area contributed by atoms with Crippen molar-refractivity contribution in [2.45, 2.75) is 45.3 Å². The first-order valence-corrected chi connectivity index (χ1v) is 9.86. The molecule has 6 heteroatoms. The minimum absolute atomic E-state index is 0.221. The number of anilines is 1. The average Bonchev–Trinajstić information content (AvgIpc) is 3.21. The van der Waals surface area contributed by atoms with E-state index in [4.69, 9.17) is 0 Å². The minimum atomic E-state index is -0.942. The molecule has 1 aromatic carbocycles. The molecule has 2 aliphatic heterocycles. The lowest BCUT2D eigenvalue weighted by atomic mass is 9.90. The molecule has 2 aromatic rings. The van der Waals surface area contributed by atoms with Crippen molar-refractivity contribution < 1.29 is 15.0 Å². The molecule has 136 valence electrons. The molecule has 0 saturated heterocycles. The SMILES string of the molecule is CC(C)Cc1cc2c(cc1O)CCC1C(C(=O)O)=NC(c3ccsc3)N21. The third-order valence-corrected chi connectivity index (χ3v) is 5.81. The van der Waals surface area contributed by atoms with Crippen molar-refractivity contribution in [3.63, 3.8) is 0 Å². The van der Waals surface area contributed by atoms with Gasteiger partial charge in [0, 0.05) is 11.3 Å². The third-order valence-electron chi connectivity index (χ3n) is 5.11. The lowest BCUT2D eigenvalue weighted by molar-refractivity contribution is -0.129. The zero-order valence-corrected chi connectivity index (χ0v) is 15.7. The zero-order valence-electron chi connectivity index (χ0n) is 14.8. The van der Waals surface area contributed by atoms with Gasteiger partial charge in [-0.2, -0.15) is 11.3 Å². The molecule has 26 heavy (non-hydrogen) atoms. The Hall–Kier alpha value is -2.34. The first-order valence-electron chi connectivity index (χ1n) is 8.92. The molecule has 0 fully saturated rings. The van der Waals surface area contributed by atoms with E-state index < -0.39 is 5.97 Å². The number of aryl methyl sites for hydroxylation is 1. The third kappa shape index (κ3) is 2.78. The van der Waals surface area contributed by atoms with Crippen molar-refractivity contribution >= 4 is 28.7 Å². The quantitative estimate of drug-likeness (QED) is 0.853. The lowest BCUT2D eigenvalue weighted by Crippen LogP contribution is -2.43. The maximum Gasteiger partial charge on any atom is 0.352 e. The van der Waals surface area contributed by atoms with Crippen LogP contribution in [0, 0.1) is 5.92 Å². The smallest absolute Gasteiger partial charge is 0.352 e. The van der Waals surface area contributed by atoms with Gasteiger partial charge in [0.1, 0.15) is 17.6 Å². The number of thiophene rings is 1. The number of nitrogens with zero attached hydrogens (tertiary/aromatic N) is 2. The number of aliphatic carboxylic acids is 1. The molecule has 0 radical (unpaired) electrons. The van der Waals surface area contributed by atoms with Gasteiger partial charge in [-0.1, -0.05) is 13.8 Å². The van der Waals surface area contributed by atoms with Crippen molar-refractivity contribution in [3.05, 3.63) is 45.6 Å². The Kier molecular flexibility index (Phi) is 4.23.